The van der Waals surface area contributed by atoms with Crippen molar-refractivity contribution in [3.63, 3.8) is 0 Å². The van der Waals surface area contributed by atoms with Gasteiger partial charge in [-0.1, -0.05) is 22.4 Å². The van der Waals surface area contributed by atoms with Crippen LogP contribution in [0.5, 0.6) is 0 Å². The number of nitrogens with zero attached hydrogens (tertiary/aromatic N) is 1. The van der Waals surface area contributed by atoms with Gasteiger partial charge in [-0.05, 0) is 19.3 Å². The third-order valence-corrected chi connectivity index (χ3v) is 2.27. The zero-order valence-electron chi connectivity index (χ0n) is 8.45. The molecule has 0 heterocycles. The molecule has 76 valence electrons. The van der Waals surface area contributed by atoms with Gasteiger partial charge in [0.1, 0.15) is 0 Å². The summed E-state index contributed by atoms with van der Waals surface area (Å²) in [6.45, 7) is 1.31. The molecule has 0 amide bonds. The highest BCUT2D eigenvalue weighted by Gasteiger charge is 2.04. The minimum absolute atomic E-state index is 0. The second kappa shape index (κ2) is 8.52. The predicted octanol–water partition coefficient (Wildman–Crippen LogP) is -0.348. The summed E-state index contributed by atoms with van der Waals surface area (Å²) >= 11 is 3.44. The van der Waals surface area contributed by atoms with Gasteiger partial charge in [-0.25, -0.2) is 0 Å². The van der Waals surface area contributed by atoms with Gasteiger partial charge in [-0.3, -0.25) is 0 Å². The van der Waals surface area contributed by atoms with E-state index in [1.165, 1.54) is 32.2 Å². The summed E-state index contributed by atoms with van der Waals surface area (Å²) in [5, 5.41) is 1.16. The molecule has 0 aliphatic carbocycles. The molecule has 0 radical (unpaired) electrons. The van der Waals surface area contributed by atoms with E-state index >= 15 is 0 Å². The molecule has 0 aromatic heterocycles. The maximum absolute atomic E-state index is 3.44. The summed E-state index contributed by atoms with van der Waals surface area (Å²) in [5.41, 5.74) is 0. The highest BCUT2D eigenvalue weighted by atomic mass is 79.9. The Morgan fingerprint density at radius 2 is 1.42 bits per heavy atom. The second-order valence-electron chi connectivity index (χ2n) is 4.12. The summed E-state index contributed by atoms with van der Waals surface area (Å²) in [6.07, 6.45) is 5.47. The van der Waals surface area contributed by atoms with Gasteiger partial charge in [-0.15, -0.1) is 0 Å². The standard InChI is InChI=1S/C9H21BrN.BrH/c1-11(2,3)9-7-5-4-6-8-10;/h4-9H2,1-3H3;1H/q+1;/p-1/i1+2,2+2,3+2;. The normalized spacial score (nSPS) is 11.0. The molecule has 0 spiro atoms. The van der Waals surface area contributed by atoms with E-state index in [0.29, 0.717) is 0 Å². The smallest absolute Gasteiger partial charge is 0.0780 e. The molecule has 12 heavy (non-hydrogen) atoms. The van der Waals surface area contributed by atoms with E-state index < -0.39 is 0 Å². The van der Waals surface area contributed by atoms with E-state index in [2.05, 4.69) is 37.1 Å². The van der Waals surface area contributed by atoms with Crippen molar-refractivity contribution in [3.05, 3.63) is 0 Å². The molecular formula is C9H21Br2N. The van der Waals surface area contributed by atoms with Crippen molar-refractivity contribution in [2.45, 2.75) is 25.7 Å². The van der Waals surface area contributed by atoms with Crippen molar-refractivity contribution in [2.75, 3.05) is 33.0 Å². The van der Waals surface area contributed by atoms with Crippen LogP contribution in [0.2, 0.25) is 0 Å². The van der Waals surface area contributed by atoms with E-state index in [1.807, 2.05) is 0 Å². The van der Waals surface area contributed by atoms with Crippen molar-refractivity contribution >= 4 is 15.9 Å². The van der Waals surface area contributed by atoms with Crippen LogP contribution in [0.15, 0.2) is 0 Å². The minimum Gasteiger partial charge on any atom is -1.00 e. The molecule has 0 atom stereocenters. The summed E-state index contributed by atoms with van der Waals surface area (Å²) in [4.78, 5) is 0. The molecule has 0 aromatic carbocycles. The summed E-state index contributed by atoms with van der Waals surface area (Å²) in [7, 11) is 6.76. The zero-order valence-corrected chi connectivity index (χ0v) is 11.6. The Labute approximate surface area is 96.0 Å². The lowest BCUT2D eigenvalue weighted by Crippen LogP contribution is -3.00. The first-order valence-electron chi connectivity index (χ1n) is 4.43. The molecule has 0 unspecified atom stereocenters. The van der Waals surface area contributed by atoms with Crippen LogP contribution in [0.1, 0.15) is 25.7 Å². The highest BCUT2D eigenvalue weighted by molar-refractivity contribution is 9.09. The third-order valence-electron chi connectivity index (χ3n) is 1.71. The van der Waals surface area contributed by atoms with E-state index in [9.17, 15) is 0 Å². The largest absolute Gasteiger partial charge is 1.00 e. The van der Waals surface area contributed by atoms with Crippen LogP contribution in [-0.4, -0.2) is 37.5 Å². The Morgan fingerprint density at radius 1 is 0.917 bits per heavy atom. The number of quaternary nitrogens is 1. The third kappa shape index (κ3) is 13.5. The Hall–Kier alpha value is 0.920. The molecule has 0 aliphatic heterocycles. The fraction of sp³-hybridized carbons (Fsp3) is 1.00. The lowest BCUT2D eigenvalue weighted by molar-refractivity contribution is -0.870. The average molecular weight is 309 g/mol. The van der Waals surface area contributed by atoms with Gasteiger partial charge in [0.25, 0.3) is 0 Å². The maximum atomic E-state index is 3.44. The summed E-state index contributed by atoms with van der Waals surface area (Å²) < 4.78 is 1.11. The minimum atomic E-state index is 0. The number of alkyl halides is 1. The van der Waals surface area contributed by atoms with Gasteiger partial charge in [0.05, 0.1) is 27.7 Å². The van der Waals surface area contributed by atoms with Crippen molar-refractivity contribution in [1.29, 1.82) is 0 Å². The molecule has 0 bridgehead atoms. The first-order valence-corrected chi connectivity index (χ1v) is 5.55. The second-order valence-corrected chi connectivity index (χ2v) is 4.91. The molecule has 3 heteroatoms. The van der Waals surface area contributed by atoms with Gasteiger partial charge in [-0.2, -0.15) is 0 Å². The Bertz CT molecular complexity index is 89.0. The number of rotatable bonds is 6. The van der Waals surface area contributed by atoms with Crippen LogP contribution in [0.3, 0.4) is 0 Å². The molecule has 0 aliphatic rings. The number of halogens is 2. The van der Waals surface area contributed by atoms with Crippen molar-refractivity contribution in [1.82, 2.24) is 0 Å². The Morgan fingerprint density at radius 3 is 1.83 bits per heavy atom. The van der Waals surface area contributed by atoms with Crippen molar-refractivity contribution in [2.24, 2.45) is 0 Å². The molecule has 0 fully saturated rings. The maximum Gasteiger partial charge on any atom is 0.0780 e. The van der Waals surface area contributed by atoms with Gasteiger partial charge in [0.15, 0.2) is 0 Å². The molecule has 0 aromatic rings. The van der Waals surface area contributed by atoms with Crippen molar-refractivity contribution in [3.8, 4) is 0 Å². The summed E-state index contributed by atoms with van der Waals surface area (Å²) in [5.74, 6) is 0. The first-order chi connectivity index (χ1) is 5.06. The molecule has 0 saturated carbocycles. The van der Waals surface area contributed by atoms with Crippen LogP contribution in [-0.2, 0) is 0 Å². The SMILES string of the molecule is [14CH3][N+]([14CH3])([14CH3])CCCCCCBr.[Br-]. The zero-order chi connectivity index (χ0) is 8.74. The average Bonchev–Trinajstić information content (AvgIpc) is 1.85. The number of hydrogen-bond donors (Lipinski definition) is 0. The van der Waals surface area contributed by atoms with Gasteiger partial charge < -0.3 is 21.5 Å². The fourth-order valence-electron chi connectivity index (χ4n) is 1.03. The van der Waals surface area contributed by atoms with E-state index in [0.717, 1.165) is 9.81 Å². The van der Waals surface area contributed by atoms with Crippen LogP contribution < -0.4 is 17.0 Å². The molecule has 0 N–H and O–H groups in total. The topological polar surface area (TPSA) is 0 Å². The predicted molar refractivity (Wildman–Crippen MR) is 55.2 cm³/mol. The lowest BCUT2D eigenvalue weighted by Gasteiger charge is -2.23. The van der Waals surface area contributed by atoms with Crippen LogP contribution in [0.4, 0.5) is 0 Å². The molecule has 0 saturated heterocycles. The van der Waals surface area contributed by atoms with Gasteiger partial charge >= 0.3 is 0 Å². The van der Waals surface area contributed by atoms with Gasteiger partial charge in [0.2, 0.25) is 0 Å². The number of unbranched alkanes of at least 4 members (excludes halogenated alkanes) is 3. The van der Waals surface area contributed by atoms with Crippen LogP contribution >= 0.6 is 15.9 Å². The van der Waals surface area contributed by atoms with E-state index in [1.54, 1.807) is 0 Å². The van der Waals surface area contributed by atoms with E-state index in [4.69, 9.17) is 0 Å². The lowest BCUT2D eigenvalue weighted by atomic mass is 10.2. The molecular weight excluding hydrogens is 288 g/mol. The van der Waals surface area contributed by atoms with Crippen LogP contribution in [0.25, 0.3) is 0 Å². The fourth-order valence-corrected chi connectivity index (χ4v) is 1.43. The molecule has 1 nitrogen and oxygen atoms in total. The highest BCUT2D eigenvalue weighted by Crippen LogP contribution is 2.04. The first kappa shape index (κ1) is 15.4. The van der Waals surface area contributed by atoms with Crippen LogP contribution in [0, 0.1) is 0 Å². The van der Waals surface area contributed by atoms with Gasteiger partial charge in [0, 0.05) is 5.33 Å². The van der Waals surface area contributed by atoms with Crippen molar-refractivity contribution < 1.29 is 21.5 Å². The molecule has 0 rings (SSSR count). The Balaban J connectivity index is 0. The number of hydrogen-bond acceptors (Lipinski definition) is 0. The summed E-state index contributed by atoms with van der Waals surface area (Å²) in [6, 6.07) is 0. The van der Waals surface area contributed by atoms with E-state index in [-0.39, 0.29) is 17.0 Å². The quantitative estimate of drug-likeness (QED) is 0.358. The Kier molecular flexibility index (Phi) is 10.9. The monoisotopic (exact) mass is 307 g/mol.